The SMILES string of the molecule is CO[C@H]1O[C@H](CO)[C@@H](O)[C@H](O[C@H]2O[C@H](C)[C@@H](O)C[C@@H]2O)[C@@H]1O[C@H]1O[C@H](CO)[C@H](O)[C@H](O)[C@H]1O. The van der Waals surface area contributed by atoms with Crippen LogP contribution in [0.4, 0.5) is 0 Å². The molecule has 0 spiro atoms. The summed E-state index contributed by atoms with van der Waals surface area (Å²) in [7, 11) is 1.25. The Morgan fingerprint density at radius 3 is 1.85 bits per heavy atom. The van der Waals surface area contributed by atoms with Crippen LogP contribution in [0.3, 0.4) is 0 Å². The Labute approximate surface area is 189 Å². The van der Waals surface area contributed by atoms with Gasteiger partial charge in [-0.15, -0.1) is 0 Å². The number of rotatable bonds is 7. The van der Waals surface area contributed by atoms with Crippen molar-refractivity contribution in [2.75, 3.05) is 20.3 Å². The molecule has 14 heteroatoms. The maximum absolute atomic E-state index is 10.8. The number of methoxy groups -OCH3 is 1. The van der Waals surface area contributed by atoms with Crippen LogP contribution in [0.15, 0.2) is 0 Å². The summed E-state index contributed by atoms with van der Waals surface area (Å²) in [5.74, 6) is 0. The zero-order valence-corrected chi connectivity index (χ0v) is 18.2. The fourth-order valence-corrected chi connectivity index (χ4v) is 4.09. The second kappa shape index (κ2) is 11.5. The molecule has 0 saturated carbocycles. The van der Waals surface area contributed by atoms with E-state index in [0.29, 0.717) is 0 Å². The van der Waals surface area contributed by atoms with Crippen molar-refractivity contribution >= 4 is 0 Å². The normalized spacial score (nSPS) is 51.5. The van der Waals surface area contributed by atoms with E-state index in [1.54, 1.807) is 6.92 Å². The summed E-state index contributed by atoms with van der Waals surface area (Å²) in [6.07, 6.45) is -18.8. The molecular formula is C19H34O14. The van der Waals surface area contributed by atoms with Gasteiger partial charge in [0, 0.05) is 13.5 Å². The molecule has 8 N–H and O–H groups in total. The van der Waals surface area contributed by atoms with Gasteiger partial charge in [-0.05, 0) is 6.92 Å². The summed E-state index contributed by atoms with van der Waals surface area (Å²) >= 11 is 0. The Morgan fingerprint density at radius 1 is 0.667 bits per heavy atom. The van der Waals surface area contributed by atoms with Crippen LogP contribution in [0.2, 0.25) is 0 Å². The third kappa shape index (κ3) is 5.65. The molecule has 3 fully saturated rings. The van der Waals surface area contributed by atoms with Gasteiger partial charge in [0.05, 0.1) is 25.4 Å². The van der Waals surface area contributed by atoms with Crippen LogP contribution in [-0.2, 0) is 28.4 Å². The molecule has 3 aliphatic heterocycles. The van der Waals surface area contributed by atoms with Gasteiger partial charge in [0.25, 0.3) is 0 Å². The topological polar surface area (TPSA) is 217 Å². The lowest BCUT2D eigenvalue weighted by Crippen LogP contribution is -2.66. The van der Waals surface area contributed by atoms with Crippen molar-refractivity contribution in [3.05, 3.63) is 0 Å². The van der Waals surface area contributed by atoms with Crippen LogP contribution in [0.5, 0.6) is 0 Å². The lowest BCUT2D eigenvalue weighted by Gasteiger charge is -2.48. The molecular weight excluding hydrogens is 452 g/mol. The van der Waals surface area contributed by atoms with Crippen LogP contribution >= 0.6 is 0 Å². The van der Waals surface area contributed by atoms with Crippen molar-refractivity contribution in [1.29, 1.82) is 0 Å². The van der Waals surface area contributed by atoms with Crippen LogP contribution in [0.25, 0.3) is 0 Å². The molecule has 194 valence electrons. The molecule has 0 bridgehead atoms. The quantitative estimate of drug-likeness (QED) is 0.169. The van der Waals surface area contributed by atoms with Gasteiger partial charge in [-0.2, -0.15) is 0 Å². The molecule has 3 saturated heterocycles. The predicted octanol–water partition coefficient (Wildman–Crippen LogP) is -4.86. The van der Waals surface area contributed by atoms with Crippen LogP contribution in [0.1, 0.15) is 13.3 Å². The Bertz CT molecular complexity index is 609. The highest BCUT2D eigenvalue weighted by atomic mass is 16.8. The van der Waals surface area contributed by atoms with Crippen molar-refractivity contribution in [3.8, 4) is 0 Å². The second-order valence-corrected chi connectivity index (χ2v) is 8.43. The van der Waals surface area contributed by atoms with E-state index in [1.807, 2.05) is 0 Å². The van der Waals surface area contributed by atoms with E-state index < -0.39 is 99.2 Å². The average molecular weight is 486 g/mol. The first-order valence-electron chi connectivity index (χ1n) is 10.7. The van der Waals surface area contributed by atoms with E-state index in [9.17, 15) is 40.9 Å². The number of hydrogen-bond donors (Lipinski definition) is 8. The fraction of sp³-hybridized carbons (Fsp3) is 1.00. The highest BCUT2D eigenvalue weighted by Crippen LogP contribution is 2.33. The van der Waals surface area contributed by atoms with Gasteiger partial charge in [-0.3, -0.25) is 0 Å². The third-order valence-corrected chi connectivity index (χ3v) is 6.15. The van der Waals surface area contributed by atoms with Crippen LogP contribution in [-0.4, -0.2) is 147 Å². The van der Waals surface area contributed by atoms with E-state index in [1.165, 1.54) is 7.11 Å². The lowest BCUT2D eigenvalue weighted by molar-refractivity contribution is -0.385. The van der Waals surface area contributed by atoms with Crippen molar-refractivity contribution in [3.63, 3.8) is 0 Å². The van der Waals surface area contributed by atoms with Crippen molar-refractivity contribution in [2.45, 2.75) is 99.4 Å². The summed E-state index contributed by atoms with van der Waals surface area (Å²) < 4.78 is 33.2. The van der Waals surface area contributed by atoms with Gasteiger partial charge in [-0.25, -0.2) is 0 Å². The lowest BCUT2D eigenvalue weighted by atomic mass is 9.96. The summed E-state index contributed by atoms with van der Waals surface area (Å²) in [6.45, 7) is 0.276. The first-order chi connectivity index (χ1) is 15.6. The van der Waals surface area contributed by atoms with Crippen molar-refractivity contribution < 1.29 is 69.3 Å². The molecule has 0 aliphatic carbocycles. The van der Waals surface area contributed by atoms with Gasteiger partial charge >= 0.3 is 0 Å². The molecule has 33 heavy (non-hydrogen) atoms. The summed E-state index contributed by atoms with van der Waals surface area (Å²) in [5.41, 5.74) is 0. The Balaban J connectivity index is 1.83. The minimum atomic E-state index is -1.75. The zero-order chi connectivity index (χ0) is 24.4. The van der Waals surface area contributed by atoms with E-state index in [-0.39, 0.29) is 6.42 Å². The Kier molecular flexibility index (Phi) is 9.38. The molecule has 3 heterocycles. The van der Waals surface area contributed by atoms with E-state index in [0.717, 1.165) is 0 Å². The van der Waals surface area contributed by atoms with E-state index in [2.05, 4.69) is 0 Å². The van der Waals surface area contributed by atoms with Crippen LogP contribution in [0, 0.1) is 0 Å². The first kappa shape index (κ1) is 27.0. The maximum atomic E-state index is 10.8. The summed E-state index contributed by atoms with van der Waals surface area (Å²) in [4.78, 5) is 0. The summed E-state index contributed by atoms with van der Waals surface area (Å²) in [5, 5.41) is 80.3. The van der Waals surface area contributed by atoms with Crippen molar-refractivity contribution in [1.82, 2.24) is 0 Å². The van der Waals surface area contributed by atoms with Gasteiger partial charge in [0.2, 0.25) is 0 Å². The third-order valence-electron chi connectivity index (χ3n) is 6.15. The summed E-state index contributed by atoms with van der Waals surface area (Å²) in [6, 6.07) is 0. The van der Waals surface area contributed by atoms with E-state index >= 15 is 0 Å². The molecule has 0 aromatic heterocycles. The molecule has 0 amide bonds. The van der Waals surface area contributed by atoms with E-state index in [4.69, 9.17) is 28.4 Å². The monoisotopic (exact) mass is 486 g/mol. The molecule has 0 radical (unpaired) electrons. The first-order valence-corrected chi connectivity index (χ1v) is 10.7. The zero-order valence-electron chi connectivity index (χ0n) is 18.2. The van der Waals surface area contributed by atoms with Gasteiger partial charge in [-0.1, -0.05) is 0 Å². The molecule has 0 aromatic rings. The molecule has 14 nitrogen and oxygen atoms in total. The minimum absolute atomic E-state index is 0.0550. The maximum Gasteiger partial charge on any atom is 0.187 e. The molecule has 14 atom stereocenters. The number of hydrogen-bond acceptors (Lipinski definition) is 14. The van der Waals surface area contributed by atoms with Crippen molar-refractivity contribution in [2.24, 2.45) is 0 Å². The number of aliphatic hydroxyl groups is 8. The van der Waals surface area contributed by atoms with Crippen LogP contribution < -0.4 is 0 Å². The molecule has 3 aliphatic rings. The highest BCUT2D eigenvalue weighted by molar-refractivity contribution is 4.95. The second-order valence-electron chi connectivity index (χ2n) is 8.43. The minimum Gasteiger partial charge on any atom is -0.394 e. The Morgan fingerprint density at radius 2 is 1.24 bits per heavy atom. The Hall–Kier alpha value is -0.560. The number of ether oxygens (including phenoxy) is 6. The molecule has 0 aromatic carbocycles. The largest absolute Gasteiger partial charge is 0.394 e. The van der Waals surface area contributed by atoms with Gasteiger partial charge in [0.1, 0.15) is 54.9 Å². The van der Waals surface area contributed by atoms with Gasteiger partial charge < -0.3 is 69.3 Å². The smallest absolute Gasteiger partial charge is 0.187 e. The number of aliphatic hydroxyl groups excluding tert-OH is 8. The average Bonchev–Trinajstić information content (AvgIpc) is 2.79. The van der Waals surface area contributed by atoms with Gasteiger partial charge in [0.15, 0.2) is 18.9 Å². The highest BCUT2D eigenvalue weighted by Gasteiger charge is 2.53. The molecule has 3 rings (SSSR count). The fourth-order valence-electron chi connectivity index (χ4n) is 4.09. The molecule has 0 unspecified atom stereocenters. The standard InChI is InChI=1S/C19H34O14/c1-6-7(22)3-8(23)17(29-6)32-15-12(25)10(5-21)31-19(28-2)16(15)33-18-14(27)13(26)11(24)9(4-20)30-18/h6-27H,3-5H2,1-2H3/t6-,7+,8+,9-,10-,11+,12-,13+,14-,15+,16+,17-,18-,19+/m1/s1. The predicted molar refractivity (Wildman–Crippen MR) is 103 cm³/mol.